The summed E-state index contributed by atoms with van der Waals surface area (Å²) in [5.74, 6) is 1.71. The first kappa shape index (κ1) is 11.4. The van der Waals surface area contributed by atoms with Gasteiger partial charge >= 0.3 is 0 Å². The second kappa shape index (κ2) is 4.84. The molecule has 0 radical (unpaired) electrons. The average Bonchev–Trinajstić information content (AvgIpc) is 2.19. The summed E-state index contributed by atoms with van der Waals surface area (Å²) >= 11 is 0. The lowest BCUT2D eigenvalue weighted by Crippen LogP contribution is -2.45. The summed E-state index contributed by atoms with van der Waals surface area (Å²) in [6.07, 6.45) is 9.09. The summed E-state index contributed by atoms with van der Waals surface area (Å²) in [5.41, 5.74) is 5.95. The fraction of sp³-hybridized carbons (Fsp3) is 1.00. The molecule has 0 saturated heterocycles. The van der Waals surface area contributed by atoms with Gasteiger partial charge in [-0.15, -0.1) is 0 Å². The van der Waals surface area contributed by atoms with Crippen molar-refractivity contribution in [1.82, 2.24) is 0 Å². The molecule has 2 N–H and O–H groups in total. The fourth-order valence-electron chi connectivity index (χ4n) is 2.65. The third kappa shape index (κ3) is 2.73. The minimum Gasteiger partial charge on any atom is -0.373 e. The number of ether oxygens (including phenoxy) is 1. The van der Waals surface area contributed by atoms with Crippen molar-refractivity contribution >= 4 is 0 Å². The molecule has 0 aromatic rings. The summed E-state index contributed by atoms with van der Waals surface area (Å²) in [6.45, 7) is 4.02. The van der Waals surface area contributed by atoms with E-state index >= 15 is 0 Å². The van der Waals surface area contributed by atoms with Crippen molar-refractivity contribution in [2.75, 3.05) is 13.2 Å². The number of hydrogen-bond acceptors (Lipinski definition) is 2. The number of nitrogens with two attached hydrogens (primary N) is 1. The minimum atomic E-state index is 0.0438. The van der Waals surface area contributed by atoms with Gasteiger partial charge in [0.15, 0.2) is 0 Å². The molecule has 0 atom stereocenters. The van der Waals surface area contributed by atoms with E-state index in [-0.39, 0.29) is 5.60 Å². The van der Waals surface area contributed by atoms with Crippen molar-refractivity contribution in [3.05, 3.63) is 0 Å². The highest BCUT2D eigenvalue weighted by Gasteiger charge is 2.34. The van der Waals surface area contributed by atoms with Crippen LogP contribution in [0.2, 0.25) is 0 Å². The Morgan fingerprint density at radius 2 is 1.87 bits per heavy atom. The molecule has 2 fully saturated rings. The Labute approximate surface area is 93.6 Å². The fourth-order valence-corrected chi connectivity index (χ4v) is 2.65. The zero-order chi connectivity index (χ0) is 10.7. The lowest BCUT2D eigenvalue weighted by Gasteiger charge is -2.40. The standard InChI is InChI=1S/C13H25NO/c1-11-5-7-13(10-14,8-6-11)15-9-12-3-2-4-12/h11-12H,2-10,14H2,1H3. The van der Waals surface area contributed by atoms with Gasteiger partial charge in [-0.2, -0.15) is 0 Å². The highest BCUT2D eigenvalue weighted by atomic mass is 16.5. The summed E-state index contributed by atoms with van der Waals surface area (Å²) in [5, 5.41) is 0. The monoisotopic (exact) mass is 211 g/mol. The Morgan fingerprint density at radius 3 is 2.33 bits per heavy atom. The maximum atomic E-state index is 6.15. The van der Waals surface area contributed by atoms with Crippen molar-refractivity contribution in [2.45, 2.75) is 57.5 Å². The van der Waals surface area contributed by atoms with Crippen LogP contribution in [0.1, 0.15) is 51.9 Å². The van der Waals surface area contributed by atoms with Gasteiger partial charge in [0.2, 0.25) is 0 Å². The second-order valence-electron chi connectivity index (χ2n) is 5.68. The Bertz CT molecular complexity index is 193. The number of rotatable bonds is 4. The normalized spacial score (nSPS) is 37.6. The van der Waals surface area contributed by atoms with E-state index in [0.29, 0.717) is 6.54 Å². The molecule has 0 aromatic carbocycles. The minimum absolute atomic E-state index is 0.0438. The molecular weight excluding hydrogens is 186 g/mol. The molecule has 0 bridgehead atoms. The van der Waals surface area contributed by atoms with E-state index in [1.807, 2.05) is 0 Å². The van der Waals surface area contributed by atoms with Crippen LogP contribution in [0, 0.1) is 11.8 Å². The zero-order valence-electron chi connectivity index (χ0n) is 10.0. The van der Waals surface area contributed by atoms with Gasteiger partial charge in [-0.1, -0.05) is 13.3 Å². The van der Waals surface area contributed by atoms with E-state index in [2.05, 4.69) is 6.92 Å². The summed E-state index contributed by atoms with van der Waals surface area (Å²) in [4.78, 5) is 0. The van der Waals surface area contributed by atoms with E-state index in [9.17, 15) is 0 Å². The second-order valence-corrected chi connectivity index (χ2v) is 5.68. The summed E-state index contributed by atoms with van der Waals surface area (Å²) in [6, 6.07) is 0. The van der Waals surface area contributed by atoms with E-state index in [1.165, 1.54) is 44.9 Å². The highest BCUT2D eigenvalue weighted by molar-refractivity contribution is 4.88. The molecule has 0 unspecified atom stereocenters. The molecule has 2 rings (SSSR count). The lowest BCUT2D eigenvalue weighted by atomic mass is 9.79. The topological polar surface area (TPSA) is 35.2 Å². The van der Waals surface area contributed by atoms with Crippen LogP contribution in [0.3, 0.4) is 0 Å². The molecule has 0 heterocycles. The molecule has 15 heavy (non-hydrogen) atoms. The van der Waals surface area contributed by atoms with Crippen LogP contribution < -0.4 is 5.73 Å². The van der Waals surface area contributed by atoms with E-state index in [1.54, 1.807) is 0 Å². The van der Waals surface area contributed by atoms with Crippen LogP contribution in [0.25, 0.3) is 0 Å². The van der Waals surface area contributed by atoms with Crippen molar-refractivity contribution < 1.29 is 4.74 Å². The Kier molecular flexibility index (Phi) is 3.68. The zero-order valence-corrected chi connectivity index (χ0v) is 10.0. The molecule has 0 spiro atoms. The van der Waals surface area contributed by atoms with Crippen LogP contribution in [0.4, 0.5) is 0 Å². The van der Waals surface area contributed by atoms with Crippen LogP contribution in [0.15, 0.2) is 0 Å². The van der Waals surface area contributed by atoms with Crippen LogP contribution in [-0.2, 0) is 4.74 Å². The molecule has 2 aliphatic rings. The van der Waals surface area contributed by atoms with Gasteiger partial charge in [-0.25, -0.2) is 0 Å². The van der Waals surface area contributed by atoms with Crippen molar-refractivity contribution in [2.24, 2.45) is 17.6 Å². The largest absolute Gasteiger partial charge is 0.373 e. The number of hydrogen-bond donors (Lipinski definition) is 1. The predicted octanol–water partition coefficient (Wildman–Crippen LogP) is 2.71. The van der Waals surface area contributed by atoms with Crippen LogP contribution in [0.5, 0.6) is 0 Å². The SMILES string of the molecule is CC1CCC(CN)(OCC2CCC2)CC1. The molecule has 2 saturated carbocycles. The first-order valence-corrected chi connectivity index (χ1v) is 6.58. The van der Waals surface area contributed by atoms with Crippen molar-refractivity contribution in [1.29, 1.82) is 0 Å². The predicted molar refractivity (Wildman–Crippen MR) is 62.7 cm³/mol. The molecule has 0 aliphatic heterocycles. The molecule has 88 valence electrons. The first-order valence-electron chi connectivity index (χ1n) is 6.58. The van der Waals surface area contributed by atoms with Gasteiger partial charge in [0.05, 0.1) is 12.2 Å². The molecule has 2 aliphatic carbocycles. The highest BCUT2D eigenvalue weighted by Crippen LogP contribution is 2.36. The lowest BCUT2D eigenvalue weighted by molar-refractivity contribution is -0.0910. The smallest absolute Gasteiger partial charge is 0.0804 e. The molecule has 0 amide bonds. The van der Waals surface area contributed by atoms with Crippen LogP contribution in [-0.4, -0.2) is 18.8 Å². The van der Waals surface area contributed by atoms with Gasteiger partial charge in [0.25, 0.3) is 0 Å². The molecular formula is C13H25NO. The van der Waals surface area contributed by atoms with Gasteiger partial charge < -0.3 is 10.5 Å². The Balaban J connectivity index is 1.79. The quantitative estimate of drug-likeness (QED) is 0.776. The molecule has 2 nitrogen and oxygen atoms in total. The summed E-state index contributed by atoms with van der Waals surface area (Å²) in [7, 11) is 0. The van der Waals surface area contributed by atoms with Gasteiger partial charge in [-0.05, 0) is 50.4 Å². The van der Waals surface area contributed by atoms with E-state index < -0.39 is 0 Å². The average molecular weight is 211 g/mol. The van der Waals surface area contributed by atoms with E-state index in [4.69, 9.17) is 10.5 Å². The maximum Gasteiger partial charge on any atom is 0.0804 e. The molecule has 0 aromatic heterocycles. The van der Waals surface area contributed by atoms with E-state index in [0.717, 1.165) is 18.4 Å². The van der Waals surface area contributed by atoms with Crippen LogP contribution >= 0.6 is 0 Å². The summed E-state index contributed by atoms with van der Waals surface area (Å²) < 4.78 is 6.15. The van der Waals surface area contributed by atoms with Gasteiger partial charge in [-0.3, -0.25) is 0 Å². The maximum absolute atomic E-state index is 6.15. The first-order chi connectivity index (χ1) is 7.24. The third-order valence-electron chi connectivity index (χ3n) is 4.41. The van der Waals surface area contributed by atoms with Crippen molar-refractivity contribution in [3.63, 3.8) is 0 Å². The van der Waals surface area contributed by atoms with Crippen molar-refractivity contribution in [3.8, 4) is 0 Å². The third-order valence-corrected chi connectivity index (χ3v) is 4.41. The van der Waals surface area contributed by atoms with Gasteiger partial charge in [0, 0.05) is 6.54 Å². The molecule has 2 heteroatoms. The Morgan fingerprint density at radius 1 is 1.20 bits per heavy atom. The van der Waals surface area contributed by atoms with Gasteiger partial charge in [0.1, 0.15) is 0 Å². The Hall–Kier alpha value is -0.0800.